The maximum absolute atomic E-state index is 13.2. The molecule has 0 saturated heterocycles. The monoisotopic (exact) mass is 608 g/mol. The molecule has 5 aromatic rings. The highest BCUT2D eigenvalue weighted by molar-refractivity contribution is 6.34. The maximum Gasteiger partial charge on any atom is 0.266 e. The van der Waals surface area contributed by atoms with Crippen molar-refractivity contribution in [2.45, 2.75) is 32.7 Å². The van der Waals surface area contributed by atoms with Crippen LogP contribution in [0.1, 0.15) is 67.2 Å². The summed E-state index contributed by atoms with van der Waals surface area (Å²) >= 11 is 0. The summed E-state index contributed by atoms with van der Waals surface area (Å²) in [6, 6.07) is 33.8. The highest BCUT2D eigenvalue weighted by Crippen LogP contribution is 2.36. The number of carbonyl (C=O) groups is 3. The molecular weight excluding hydrogens is 576 g/mol. The summed E-state index contributed by atoms with van der Waals surface area (Å²) in [5, 5.41) is 0. The summed E-state index contributed by atoms with van der Waals surface area (Å²) in [7, 11) is 1.80. The summed E-state index contributed by atoms with van der Waals surface area (Å²) in [5.41, 5.74) is 5.91. The van der Waals surface area contributed by atoms with Crippen molar-refractivity contribution in [2.75, 3.05) is 11.9 Å². The van der Waals surface area contributed by atoms with Crippen molar-refractivity contribution < 1.29 is 23.9 Å². The summed E-state index contributed by atoms with van der Waals surface area (Å²) in [6.07, 6.45) is 0. The van der Waals surface area contributed by atoms with Gasteiger partial charge in [0.05, 0.1) is 16.8 Å². The largest absolute Gasteiger partial charge is 0.457 e. The molecule has 0 aromatic heterocycles. The van der Waals surface area contributed by atoms with Crippen LogP contribution in [0.2, 0.25) is 0 Å². The van der Waals surface area contributed by atoms with E-state index in [0.29, 0.717) is 40.6 Å². The molecule has 228 valence electrons. The Morgan fingerprint density at radius 1 is 0.565 bits per heavy atom. The van der Waals surface area contributed by atoms with E-state index in [2.05, 4.69) is 26.0 Å². The fourth-order valence-electron chi connectivity index (χ4n) is 6.04. The Morgan fingerprint density at radius 3 is 1.65 bits per heavy atom. The molecule has 0 spiro atoms. The molecule has 0 fully saturated rings. The zero-order valence-electron chi connectivity index (χ0n) is 26.0. The second-order valence-electron chi connectivity index (χ2n) is 12.3. The van der Waals surface area contributed by atoms with Crippen LogP contribution in [-0.4, -0.2) is 29.7 Å². The third-order valence-corrected chi connectivity index (χ3v) is 8.83. The minimum atomic E-state index is -0.362. The second-order valence-corrected chi connectivity index (χ2v) is 12.3. The van der Waals surface area contributed by atoms with Gasteiger partial charge in [-0.1, -0.05) is 55.8 Å². The van der Waals surface area contributed by atoms with Gasteiger partial charge in [-0.15, -0.1) is 0 Å². The Labute approximate surface area is 267 Å². The lowest BCUT2D eigenvalue weighted by Gasteiger charge is -2.26. The van der Waals surface area contributed by atoms with Gasteiger partial charge < -0.3 is 14.4 Å². The summed E-state index contributed by atoms with van der Waals surface area (Å²) in [4.78, 5) is 41.3. The molecule has 2 aliphatic rings. The Morgan fingerprint density at radius 2 is 1.07 bits per heavy atom. The average Bonchev–Trinajstić information content (AvgIpc) is 3.47. The molecule has 7 heteroatoms. The van der Waals surface area contributed by atoms with Crippen LogP contribution in [-0.2, 0) is 12.0 Å². The van der Waals surface area contributed by atoms with E-state index in [1.807, 2.05) is 73.7 Å². The molecule has 5 aromatic carbocycles. The van der Waals surface area contributed by atoms with Crippen molar-refractivity contribution in [2.24, 2.45) is 0 Å². The molecule has 7 nitrogen and oxygen atoms in total. The molecule has 0 N–H and O–H groups in total. The lowest BCUT2D eigenvalue weighted by Crippen LogP contribution is -2.29. The Kier molecular flexibility index (Phi) is 6.97. The lowest BCUT2D eigenvalue weighted by molar-refractivity contribution is 0.0815. The van der Waals surface area contributed by atoms with E-state index in [4.69, 9.17) is 9.47 Å². The van der Waals surface area contributed by atoms with Crippen LogP contribution in [0, 0.1) is 6.92 Å². The van der Waals surface area contributed by atoms with E-state index in [-0.39, 0.29) is 23.1 Å². The van der Waals surface area contributed by atoms with Gasteiger partial charge in [-0.3, -0.25) is 14.4 Å². The molecule has 0 aliphatic carbocycles. The van der Waals surface area contributed by atoms with E-state index in [1.54, 1.807) is 42.3 Å². The fourth-order valence-corrected chi connectivity index (χ4v) is 6.04. The summed E-state index contributed by atoms with van der Waals surface area (Å²) in [5.74, 6) is 1.86. The fraction of sp³-hybridized carbons (Fsp3) is 0.154. The van der Waals surface area contributed by atoms with Crippen LogP contribution in [0.25, 0.3) is 0 Å². The minimum absolute atomic E-state index is 0.0378. The highest BCUT2D eigenvalue weighted by atomic mass is 16.5. The van der Waals surface area contributed by atoms with E-state index in [0.717, 1.165) is 33.6 Å². The highest BCUT2D eigenvalue weighted by Gasteiger charge is 2.37. The third-order valence-electron chi connectivity index (χ3n) is 8.83. The number of amides is 3. The number of imide groups is 1. The number of ether oxygens (including phenoxy) is 2. The van der Waals surface area contributed by atoms with Crippen molar-refractivity contribution in [1.82, 2.24) is 4.90 Å². The average molecular weight is 609 g/mol. The van der Waals surface area contributed by atoms with E-state index in [1.165, 1.54) is 4.90 Å². The summed E-state index contributed by atoms with van der Waals surface area (Å²) in [6.45, 7) is 6.87. The third kappa shape index (κ3) is 5.09. The van der Waals surface area contributed by atoms with Gasteiger partial charge in [-0.05, 0) is 96.4 Å². The number of nitrogens with zero attached hydrogens (tertiary/aromatic N) is 2. The van der Waals surface area contributed by atoms with Gasteiger partial charge >= 0.3 is 0 Å². The van der Waals surface area contributed by atoms with Gasteiger partial charge in [0.15, 0.2) is 0 Å². The van der Waals surface area contributed by atoms with Crippen molar-refractivity contribution in [3.8, 4) is 23.0 Å². The quantitative estimate of drug-likeness (QED) is 0.174. The van der Waals surface area contributed by atoms with Crippen molar-refractivity contribution in [3.05, 3.63) is 148 Å². The van der Waals surface area contributed by atoms with Gasteiger partial charge in [0.1, 0.15) is 23.0 Å². The molecule has 0 saturated carbocycles. The number of carbonyl (C=O) groups excluding carboxylic acids is 3. The zero-order chi connectivity index (χ0) is 32.2. The summed E-state index contributed by atoms with van der Waals surface area (Å²) < 4.78 is 12.2. The molecule has 0 unspecified atom stereocenters. The van der Waals surface area contributed by atoms with E-state index < -0.39 is 0 Å². The number of hydrogen-bond donors (Lipinski definition) is 0. The second kappa shape index (κ2) is 11.0. The van der Waals surface area contributed by atoms with Gasteiger partial charge in [-0.2, -0.15) is 0 Å². The Balaban J connectivity index is 1.03. The molecule has 2 aliphatic heterocycles. The van der Waals surface area contributed by atoms with Crippen molar-refractivity contribution >= 4 is 23.4 Å². The van der Waals surface area contributed by atoms with Crippen molar-refractivity contribution in [3.63, 3.8) is 0 Å². The normalized spacial score (nSPS) is 14.0. The van der Waals surface area contributed by atoms with Crippen molar-refractivity contribution in [1.29, 1.82) is 0 Å². The van der Waals surface area contributed by atoms with Crippen LogP contribution in [0.3, 0.4) is 0 Å². The number of hydrogen-bond acceptors (Lipinski definition) is 5. The zero-order valence-corrected chi connectivity index (χ0v) is 26.0. The smallest absolute Gasteiger partial charge is 0.266 e. The molecule has 7 rings (SSSR count). The van der Waals surface area contributed by atoms with Crippen LogP contribution in [0.15, 0.2) is 109 Å². The predicted octanol–water partition coefficient (Wildman–Crippen LogP) is 8.29. The van der Waals surface area contributed by atoms with Gasteiger partial charge in [0.25, 0.3) is 17.7 Å². The SMILES string of the molecule is Cc1ccc(N2C(=O)c3ccc(Oc4ccc(C(C)(C)c5ccc(Oc6ccc7c(c6)CN(C)C7=O)cc5)cc4)cc3C2=O)cc1. The van der Waals surface area contributed by atoms with Gasteiger partial charge in [0, 0.05) is 24.6 Å². The van der Waals surface area contributed by atoms with E-state index in [9.17, 15) is 14.4 Å². The van der Waals surface area contributed by atoms with Crippen LogP contribution in [0.5, 0.6) is 23.0 Å². The first-order valence-corrected chi connectivity index (χ1v) is 15.1. The Hall–Kier alpha value is -5.69. The van der Waals surface area contributed by atoms with Gasteiger partial charge in [-0.25, -0.2) is 4.90 Å². The molecule has 0 atom stereocenters. The first-order chi connectivity index (χ1) is 22.1. The van der Waals surface area contributed by atoms with Crippen LogP contribution < -0.4 is 14.4 Å². The predicted molar refractivity (Wildman–Crippen MR) is 176 cm³/mol. The maximum atomic E-state index is 13.2. The first-order valence-electron chi connectivity index (χ1n) is 15.1. The number of benzene rings is 5. The minimum Gasteiger partial charge on any atom is -0.457 e. The van der Waals surface area contributed by atoms with E-state index >= 15 is 0 Å². The molecule has 0 bridgehead atoms. The molecule has 2 heterocycles. The molecular formula is C39H32N2O5. The van der Waals surface area contributed by atoms with Crippen LogP contribution in [0.4, 0.5) is 5.69 Å². The van der Waals surface area contributed by atoms with Gasteiger partial charge in [0.2, 0.25) is 0 Å². The Bertz CT molecular complexity index is 2010. The molecule has 0 radical (unpaired) electrons. The first kappa shape index (κ1) is 29.0. The topological polar surface area (TPSA) is 76.2 Å². The standard InChI is InChI=1S/C39H32N2O5/c1-24-5-11-28(12-6-24)41-37(43)34-20-18-32(22-35(34)38(41)44)46-30-15-9-27(10-16-30)39(2,3)26-7-13-29(14-8-26)45-31-17-19-33-25(21-31)23-40(4)36(33)42/h5-22H,23H2,1-4H3. The molecule has 3 amide bonds. The number of anilines is 1. The van der Waals surface area contributed by atoms with Crippen LogP contribution >= 0.6 is 0 Å². The lowest BCUT2D eigenvalue weighted by atomic mass is 9.78. The number of rotatable bonds is 7. The number of aryl methyl sites for hydroxylation is 1. The number of fused-ring (bicyclic) bond motifs is 2. The molecule has 46 heavy (non-hydrogen) atoms.